The summed E-state index contributed by atoms with van der Waals surface area (Å²) >= 11 is 0. The molecule has 0 aromatic carbocycles. The van der Waals surface area contributed by atoms with Gasteiger partial charge in [-0.15, -0.1) is 0 Å². The van der Waals surface area contributed by atoms with Gasteiger partial charge in [0.15, 0.2) is 0 Å². The minimum Gasteiger partial charge on any atom is -0.349 e. The van der Waals surface area contributed by atoms with E-state index in [1.807, 2.05) is 38.1 Å². The molecule has 25 heavy (non-hydrogen) atoms. The molecule has 1 saturated carbocycles. The first kappa shape index (κ1) is 17.0. The molecular formula is C20H22N4O. The minimum atomic E-state index is -0.275. The van der Waals surface area contributed by atoms with Crippen LogP contribution in [0.2, 0.25) is 0 Å². The molecule has 0 radical (unpaired) electrons. The summed E-state index contributed by atoms with van der Waals surface area (Å²) in [4.78, 5) is 16.4. The van der Waals surface area contributed by atoms with Crippen LogP contribution < -0.4 is 5.32 Å². The largest absolute Gasteiger partial charge is 0.349 e. The number of carbonyl (C=O) groups is 1. The molecule has 5 nitrogen and oxygen atoms in total. The summed E-state index contributed by atoms with van der Waals surface area (Å²) in [5.41, 5.74) is 4.08. The molecular weight excluding hydrogens is 312 g/mol. The van der Waals surface area contributed by atoms with Crippen molar-refractivity contribution in [2.75, 3.05) is 0 Å². The van der Waals surface area contributed by atoms with Crippen molar-refractivity contribution < 1.29 is 4.79 Å². The fourth-order valence-electron chi connectivity index (χ4n) is 3.46. The second-order valence-electron chi connectivity index (χ2n) is 6.49. The summed E-state index contributed by atoms with van der Waals surface area (Å²) in [5.74, 6) is -0.275. The molecule has 1 N–H and O–H groups in total. The van der Waals surface area contributed by atoms with Crippen molar-refractivity contribution in [2.45, 2.75) is 45.6 Å². The van der Waals surface area contributed by atoms with E-state index in [-0.39, 0.29) is 17.5 Å². The number of nitrogens with zero attached hydrogens (tertiary/aromatic N) is 3. The van der Waals surface area contributed by atoms with E-state index in [1.54, 1.807) is 18.5 Å². The highest BCUT2D eigenvalue weighted by molar-refractivity contribution is 6.02. The van der Waals surface area contributed by atoms with E-state index in [0.29, 0.717) is 0 Å². The summed E-state index contributed by atoms with van der Waals surface area (Å²) in [6.07, 6.45) is 9.47. The fourth-order valence-corrected chi connectivity index (χ4v) is 3.46. The summed E-state index contributed by atoms with van der Waals surface area (Å²) < 4.78 is 2.09. The van der Waals surface area contributed by atoms with Gasteiger partial charge in [-0.3, -0.25) is 9.78 Å². The van der Waals surface area contributed by atoms with Crippen LogP contribution in [0, 0.1) is 25.2 Å². The lowest BCUT2D eigenvalue weighted by Gasteiger charge is -2.11. The molecule has 0 spiro atoms. The minimum absolute atomic E-state index is 0.155. The first-order valence-electron chi connectivity index (χ1n) is 8.62. The molecule has 0 unspecified atom stereocenters. The van der Waals surface area contributed by atoms with Crippen LogP contribution in [-0.2, 0) is 4.79 Å². The van der Waals surface area contributed by atoms with Gasteiger partial charge in [-0.1, -0.05) is 12.8 Å². The van der Waals surface area contributed by atoms with Gasteiger partial charge >= 0.3 is 0 Å². The van der Waals surface area contributed by atoms with Gasteiger partial charge in [-0.2, -0.15) is 5.26 Å². The van der Waals surface area contributed by atoms with Gasteiger partial charge in [0, 0.05) is 35.5 Å². The Morgan fingerprint density at radius 1 is 1.32 bits per heavy atom. The summed E-state index contributed by atoms with van der Waals surface area (Å²) in [6, 6.07) is 8.12. The predicted octanol–water partition coefficient (Wildman–Crippen LogP) is 3.45. The molecule has 1 amide bonds. The quantitative estimate of drug-likeness (QED) is 0.687. The number of aromatic nitrogens is 2. The van der Waals surface area contributed by atoms with Gasteiger partial charge in [0.05, 0.1) is 0 Å². The summed E-state index contributed by atoms with van der Waals surface area (Å²) in [5, 5.41) is 12.4. The van der Waals surface area contributed by atoms with Crippen molar-refractivity contribution in [3.05, 3.63) is 53.1 Å². The average molecular weight is 334 g/mol. The molecule has 2 aromatic heterocycles. The highest BCUT2D eigenvalue weighted by Crippen LogP contribution is 2.23. The zero-order chi connectivity index (χ0) is 17.8. The zero-order valence-corrected chi connectivity index (χ0v) is 14.6. The molecule has 2 heterocycles. The highest BCUT2D eigenvalue weighted by atomic mass is 16.1. The Morgan fingerprint density at radius 2 is 2.00 bits per heavy atom. The van der Waals surface area contributed by atoms with Gasteiger partial charge < -0.3 is 9.88 Å². The smallest absolute Gasteiger partial charge is 0.262 e. The Labute approximate surface area is 148 Å². The van der Waals surface area contributed by atoms with Crippen LogP contribution in [-0.4, -0.2) is 21.5 Å². The van der Waals surface area contributed by atoms with Crippen molar-refractivity contribution in [3.63, 3.8) is 0 Å². The number of amides is 1. The number of aryl methyl sites for hydroxylation is 1. The van der Waals surface area contributed by atoms with E-state index >= 15 is 0 Å². The van der Waals surface area contributed by atoms with Crippen molar-refractivity contribution in [1.29, 1.82) is 5.26 Å². The van der Waals surface area contributed by atoms with Crippen LogP contribution in [0.3, 0.4) is 0 Å². The maximum absolute atomic E-state index is 12.4. The van der Waals surface area contributed by atoms with E-state index in [4.69, 9.17) is 0 Å². The third-order valence-electron chi connectivity index (χ3n) is 4.75. The lowest BCUT2D eigenvalue weighted by molar-refractivity contribution is -0.117. The van der Waals surface area contributed by atoms with Gasteiger partial charge in [0.1, 0.15) is 11.6 Å². The van der Waals surface area contributed by atoms with Crippen molar-refractivity contribution in [3.8, 4) is 11.8 Å². The SMILES string of the molecule is Cc1cc(/C=C(/C#N)C(=O)NC2CCCC2)c(C)n1-c1ccncc1. The third-order valence-corrected chi connectivity index (χ3v) is 4.75. The number of carbonyl (C=O) groups excluding carboxylic acids is 1. The maximum Gasteiger partial charge on any atom is 0.262 e. The van der Waals surface area contributed by atoms with Gasteiger partial charge in [-0.25, -0.2) is 0 Å². The molecule has 1 aliphatic carbocycles. The Kier molecular flexibility index (Phi) is 4.99. The predicted molar refractivity (Wildman–Crippen MR) is 97.0 cm³/mol. The molecule has 1 fully saturated rings. The van der Waals surface area contributed by atoms with Crippen molar-refractivity contribution in [2.24, 2.45) is 0 Å². The van der Waals surface area contributed by atoms with Gasteiger partial charge in [-0.05, 0) is 56.5 Å². The lowest BCUT2D eigenvalue weighted by atomic mass is 10.1. The van der Waals surface area contributed by atoms with E-state index in [1.165, 1.54) is 0 Å². The lowest BCUT2D eigenvalue weighted by Crippen LogP contribution is -2.33. The van der Waals surface area contributed by atoms with Crippen LogP contribution in [0.4, 0.5) is 0 Å². The number of pyridine rings is 1. The monoisotopic (exact) mass is 334 g/mol. The molecule has 128 valence electrons. The Balaban J connectivity index is 1.89. The molecule has 2 aromatic rings. The number of rotatable bonds is 4. The zero-order valence-electron chi connectivity index (χ0n) is 14.6. The topological polar surface area (TPSA) is 70.7 Å². The first-order chi connectivity index (χ1) is 12.1. The van der Waals surface area contributed by atoms with Gasteiger partial charge in [0.2, 0.25) is 0 Å². The second kappa shape index (κ2) is 7.35. The molecule has 0 aliphatic heterocycles. The average Bonchev–Trinajstić information content (AvgIpc) is 3.21. The van der Waals surface area contributed by atoms with Crippen LogP contribution in [0.1, 0.15) is 42.6 Å². The first-order valence-corrected chi connectivity index (χ1v) is 8.62. The van der Waals surface area contributed by atoms with Crippen LogP contribution in [0.5, 0.6) is 0 Å². The standard InChI is InChI=1S/C20H22N4O/c1-14-11-16(15(2)24(14)19-7-9-22-10-8-19)12-17(13-21)20(25)23-18-5-3-4-6-18/h7-12,18H,3-6H2,1-2H3,(H,23,25)/b17-12-. The van der Waals surface area contributed by atoms with Crippen molar-refractivity contribution in [1.82, 2.24) is 14.9 Å². The number of nitriles is 1. The van der Waals surface area contributed by atoms with E-state index in [9.17, 15) is 10.1 Å². The second-order valence-corrected chi connectivity index (χ2v) is 6.49. The molecule has 5 heteroatoms. The van der Waals surface area contributed by atoms with E-state index in [0.717, 1.165) is 48.3 Å². The van der Waals surface area contributed by atoms with E-state index < -0.39 is 0 Å². The summed E-state index contributed by atoms with van der Waals surface area (Å²) in [6.45, 7) is 4.00. The third kappa shape index (κ3) is 3.63. The molecule has 0 bridgehead atoms. The maximum atomic E-state index is 12.4. The van der Waals surface area contributed by atoms with Crippen LogP contribution >= 0.6 is 0 Å². The Morgan fingerprint density at radius 3 is 2.64 bits per heavy atom. The number of nitrogens with one attached hydrogen (secondary N) is 1. The molecule has 3 rings (SSSR count). The highest BCUT2D eigenvalue weighted by Gasteiger charge is 2.20. The summed E-state index contributed by atoms with van der Waals surface area (Å²) in [7, 11) is 0. The molecule has 0 saturated heterocycles. The molecule has 0 atom stereocenters. The van der Waals surface area contributed by atoms with E-state index in [2.05, 4.69) is 14.9 Å². The number of hydrogen-bond acceptors (Lipinski definition) is 3. The molecule has 1 aliphatic rings. The Bertz CT molecular complexity index is 837. The Hall–Kier alpha value is -2.87. The fraction of sp³-hybridized carbons (Fsp3) is 0.350. The van der Waals surface area contributed by atoms with Crippen molar-refractivity contribution >= 4 is 12.0 Å². The normalized spacial score (nSPS) is 15.2. The van der Waals surface area contributed by atoms with Gasteiger partial charge in [0.25, 0.3) is 5.91 Å². The van der Waals surface area contributed by atoms with Crippen LogP contribution in [0.15, 0.2) is 36.2 Å². The van der Waals surface area contributed by atoms with Crippen LogP contribution in [0.25, 0.3) is 11.8 Å². The number of hydrogen-bond donors (Lipinski definition) is 1.